The van der Waals surface area contributed by atoms with E-state index in [4.69, 9.17) is 16.7 Å². The van der Waals surface area contributed by atoms with Crippen LogP contribution in [-0.4, -0.2) is 43.8 Å². The van der Waals surface area contributed by atoms with Gasteiger partial charge in [-0.05, 0) is 62.6 Å². The summed E-state index contributed by atoms with van der Waals surface area (Å²) in [6.07, 6.45) is 5.89. The second-order valence-corrected chi connectivity index (χ2v) is 8.99. The number of nitrogens with zero attached hydrogens (tertiary/aromatic N) is 6. The highest BCUT2D eigenvalue weighted by Crippen LogP contribution is 2.34. The van der Waals surface area contributed by atoms with Crippen molar-refractivity contribution in [1.29, 1.82) is 0 Å². The molecule has 0 bridgehead atoms. The highest BCUT2D eigenvalue weighted by molar-refractivity contribution is 6.30. The third-order valence-electron chi connectivity index (χ3n) is 6.36. The Balaban J connectivity index is 1.46. The third kappa shape index (κ3) is 3.59. The Bertz CT molecular complexity index is 1020. The zero-order valence-corrected chi connectivity index (χ0v) is 18.3. The number of rotatable bonds is 3. The average molecular weight is 423 g/mol. The van der Waals surface area contributed by atoms with Crippen LogP contribution in [0.1, 0.15) is 49.8 Å². The molecule has 156 valence electrons. The molecule has 4 heterocycles. The monoisotopic (exact) mass is 422 g/mol. The van der Waals surface area contributed by atoms with Crippen molar-refractivity contribution < 1.29 is 0 Å². The number of hydrogen-bond acceptors (Lipinski definition) is 5. The molecule has 2 aliphatic heterocycles. The summed E-state index contributed by atoms with van der Waals surface area (Å²) in [5.74, 6) is 2.51. The molecule has 0 amide bonds. The van der Waals surface area contributed by atoms with Crippen molar-refractivity contribution in [2.75, 3.05) is 18.0 Å². The van der Waals surface area contributed by atoms with E-state index in [1.54, 1.807) is 0 Å². The van der Waals surface area contributed by atoms with Crippen LogP contribution in [-0.2, 0) is 13.1 Å². The molecule has 0 radical (unpaired) electrons. The molecule has 0 atom stereocenters. The number of hydrogen-bond donors (Lipinski definition) is 0. The number of benzene rings is 1. The molecule has 30 heavy (non-hydrogen) atoms. The fourth-order valence-corrected chi connectivity index (χ4v) is 4.81. The van der Waals surface area contributed by atoms with Crippen molar-refractivity contribution in [2.24, 2.45) is 0 Å². The normalized spacial score (nSPS) is 17.7. The van der Waals surface area contributed by atoms with Crippen LogP contribution in [0.25, 0.3) is 5.69 Å². The molecule has 5 rings (SSSR count). The Morgan fingerprint density at radius 2 is 1.90 bits per heavy atom. The van der Waals surface area contributed by atoms with Crippen LogP contribution in [0.3, 0.4) is 0 Å². The summed E-state index contributed by atoms with van der Waals surface area (Å²) in [7, 11) is 0. The molecule has 6 nitrogen and oxygen atoms in total. The summed E-state index contributed by atoms with van der Waals surface area (Å²) in [5, 5.41) is 10.1. The van der Waals surface area contributed by atoms with Crippen LogP contribution in [0.5, 0.6) is 0 Å². The molecule has 3 aromatic rings. The van der Waals surface area contributed by atoms with Gasteiger partial charge in [0.2, 0.25) is 0 Å². The van der Waals surface area contributed by atoms with Gasteiger partial charge in [-0.1, -0.05) is 11.6 Å². The molecule has 1 saturated heterocycles. The lowest BCUT2D eigenvalue weighted by Gasteiger charge is -2.33. The molecule has 7 heteroatoms. The van der Waals surface area contributed by atoms with Crippen LogP contribution >= 0.6 is 11.6 Å². The number of pyridine rings is 1. The summed E-state index contributed by atoms with van der Waals surface area (Å²) in [6, 6.07) is 10.8. The third-order valence-corrected chi connectivity index (χ3v) is 6.59. The Labute approximate surface area is 182 Å². The van der Waals surface area contributed by atoms with Gasteiger partial charge in [-0.15, -0.1) is 10.2 Å². The van der Waals surface area contributed by atoms with E-state index < -0.39 is 0 Å². The maximum atomic E-state index is 6.35. The van der Waals surface area contributed by atoms with Crippen LogP contribution in [0.15, 0.2) is 42.7 Å². The molecule has 0 N–H and O–H groups in total. The SMILES string of the molecule is CC(C)N1Cc2cc(Cl)ccc2-n2c(nnc2C2CCN(c3cccnc3)CC2)C1. The minimum Gasteiger partial charge on any atom is -0.370 e. The topological polar surface area (TPSA) is 50.1 Å². The lowest BCUT2D eigenvalue weighted by molar-refractivity contribution is 0.201. The zero-order valence-electron chi connectivity index (χ0n) is 17.5. The largest absolute Gasteiger partial charge is 0.370 e. The van der Waals surface area contributed by atoms with Crippen LogP contribution in [0, 0.1) is 0 Å². The molecular weight excluding hydrogens is 396 g/mol. The summed E-state index contributed by atoms with van der Waals surface area (Å²) in [4.78, 5) is 9.11. The summed E-state index contributed by atoms with van der Waals surface area (Å²) in [6.45, 7) is 8.13. The summed E-state index contributed by atoms with van der Waals surface area (Å²) in [5.41, 5.74) is 3.61. The van der Waals surface area contributed by atoms with Crippen molar-refractivity contribution in [3.8, 4) is 5.69 Å². The first-order valence-corrected chi connectivity index (χ1v) is 11.1. The highest BCUT2D eigenvalue weighted by Gasteiger charge is 2.30. The lowest BCUT2D eigenvalue weighted by Crippen LogP contribution is -2.33. The first-order valence-electron chi connectivity index (χ1n) is 10.7. The van der Waals surface area contributed by atoms with Gasteiger partial charge in [0.25, 0.3) is 0 Å². The van der Waals surface area contributed by atoms with E-state index in [-0.39, 0.29) is 0 Å². The van der Waals surface area contributed by atoms with Crippen LogP contribution in [0.4, 0.5) is 5.69 Å². The summed E-state index contributed by atoms with van der Waals surface area (Å²) >= 11 is 6.35. The summed E-state index contributed by atoms with van der Waals surface area (Å²) < 4.78 is 2.30. The Morgan fingerprint density at radius 3 is 2.63 bits per heavy atom. The molecule has 1 aromatic carbocycles. The molecule has 2 aliphatic rings. The van der Waals surface area contributed by atoms with E-state index in [2.05, 4.69) is 56.5 Å². The van der Waals surface area contributed by atoms with E-state index in [1.165, 1.54) is 16.9 Å². The predicted molar refractivity (Wildman–Crippen MR) is 119 cm³/mol. The number of piperidine rings is 1. The maximum absolute atomic E-state index is 6.35. The lowest BCUT2D eigenvalue weighted by atomic mass is 9.95. The second-order valence-electron chi connectivity index (χ2n) is 8.55. The molecule has 1 fully saturated rings. The first kappa shape index (κ1) is 19.5. The molecule has 0 unspecified atom stereocenters. The van der Waals surface area contributed by atoms with Gasteiger partial charge in [-0.2, -0.15) is 0 Å². The van der Waals surface area contributed by atoms with Crippen molar-refractivity contribution >= 4 is 17.3 Å². The average Bonchev–Trinajstić information content (AvgIpc) is 3.10. The smallest absolute Gasteiger partial charge is 0.151 e. The van der Waals surface area contributed by atoms with E-state index in [1.807, 2.05) is 24.5 Å². The van der Waals surface area contributed by atoms with E-state index >= 15 is 0 Å². The van der Waals surface area contributed by atoms with Crippen molar-refractivity contribution in [3.63, 3.8) is 0 Å². The van der Waals surface area contributed by atoms with Gasteiger partial charge in [0.15, 0.2) is 5.82 Å². The fraction of sp³-hybridized carbons (Fsp3) is 0.435. The Hall–Kier alpha value is -2.44. The quantitative estimate of drug-likeness (QED) is 0.625. The van der Waals surface area contributed by atoms with Gasteiger partial charge in [0.05, 0.1) is 24.1 Å². The Kier molecular flexibility index (Phi) is 5.21. The van der Waals surface area contributed by atoms with E-state index in [0.29, 0.717) is 12.0 Å². The predicted octanol–water partition coefficient (Wildman–Crippen LogP) is 4.42. The van der Waals surface area contributed by atoms with Crippen LogP contribution in [0.2, 0.25) is 5.02 Å². The molecule has 0 aliphatic carbocycles. The van der Waals surface area contributed by atoms with Crippen molar-refractivity contribution in [2.45, 2.75) is 51.7 Å². The highest BCUT2D eigenvalue weighted by atomic mass is 35.5. The minimum absolute atomic E-state index is 0.397. The van der Waals surface area contributed by atoms with Gasteiger partial charge in [0.1, 0.15) is 5.82 Å². The number of fused-ring (bicyclic) bond motifs is 3. The maximum Gasteiger partial charge on any atom is 0.151 e. The van der Waals surface area contributed by atoms with Gasteiger partial charge in [-0.3, -0.25) is 14.5 Å². The van der Waals surface area contributed by atoms with E-state index in [9.17, 15) is 0 Å². The van der Waals surface area contributed by atoms with Gasteiger partial charge >= 0.3 is 0 Å². The van der Waals surface area contributed by atoms with Gasteiger partial charge in [-0.25, -0.2) is 0 Å². The number of anilines is 1. The van der Waals surface area contributed by atoms with Crippen LogP contribution < -0.4 is 4.90 Å². The van der Waals surface area contributed by atoms with Crippen molar-refractivity contribution in [3.05, 3.63) is 65.0 Å². The number of halogens is 1. The number of aromatic nitrogens is 4. The fourth-order valence-electron chi connectivity index (χ4n) is 4.62. The minimum atomic E-state index is 0.397. The van der Waals surface area contributed by atoms with Crippen molar-refractivity contribution in [1.82, 2.24) is 24.6 Å². The zero-order chi connectivity index (χ0) is 20.7. The molecule has 0 saturated carbocycles. The first-order chi connectivity index (χ1) is 14.6. The standard InChI is InChI=1S/C23H27ClN6/c1-16(2)29-14-18-12-19(24)5-6-21(18)30-22(15-29)26-27-23(30)17-7-10-28(11-8-17)20-4-3-9-25-13-20/h3-6,9,12-13,16-17H,7-8,10-11,14-15H2,1-2H3. The van der Waals surface area contributed by atoms with Gasteiger partial charge in [0, 0.05) is 42.8 Å². The van der Waals surface area contributed by atoms with Gasteiger partial charge < -0.3 is 4.90 Å². The Morgan fingerprint density at radius 1 is 1.07 bits per heavy atom. The van der Waals surface area contributed by atoms with E-state index in [0.717, 1.165) is 55.7 Å². The molecular formula is C23H27ClN6. The molecule has 2 aromatic heterocycles. The molecule has 0 spiro atoms. The second kappa shape index (κ2) is 8.00.